The van der Waals surface area contributed by atoms with Crippen LogP contribution in [0.4, 0.5) is 37.7 Å². The van der Waals surface area contributed by atoms with Crippen LogP contribution in [0.1, 0.15) is 44.5 Å². The van der Waals surface area contributed by atoms with Crippen LogP contribution >= 0.6 is 0 Å². The number of nitro benzene ring substituents is 2. The number of hydrogen-bond acceptors (Lipinski definition) is 6. The van der Waals surface area contributed by atoms with Crippen molar-refractivity contribution in [2.24, 2.45) is 0 Å². The van der Waals surface area contributed by atoms with Gasteiger partial charge in [-0.15, -0.1) is 0 Å². The molecule has 0 saturated heterocycles. The summed E-state index contributed by atoms with van der Waals surface area (Å²) < 4.78 is 89.3. The maximum absolute atomic E-state index is 14.4. The van der Waals surface area contributed by atoms with Crippen molar-refractivity contribution in [3.63, 3.8) is 0 Å². The Bertz CT molecular complexity index is 2770. The van der Waals surface area contributed by atoms with Crippen molar-refractivity contribution >= 4 is 33.2 Å². The number of nitrogens with zero attached hydrogens (tertiary/aromatic N) is 4. The third kappa shape index (κ3) is 8.44. The monoisotopic (exact) mass is 880 g/mol. The van der Waals surface area contributed by atoms with Gasteiger partial charge in [0.05, 0.1) is 20.9 Å². The van der Waals surface area contributed by atoms with Crippen LogP contribution in [0.5, 0.6) is 0 Å². The number of rotatable bonds is 10. The number of hydrogen-bond donors (Lipinski definition) is 2. The zero-order valence-corrected chi connectivity index (χ0v) is 34.0. The second kappa shape index (κ2) is 17.1. The number of nitro groups is 2. The van der Waals surface area contributed by atoms with Crippen LogP contribution in [-0.4, -0.2) is 41.5 Å². The first-order valence-corrected chi connectivity index (χ1v) is 19.6. The Hall–Kier alpha value is -7.30. The van der Waals surface area contributed by atoms with Crippen LogP contribution in [0.2, 0.25) is 0 Å². The van der Waals surface area contributed by atoms with Gasteiger partial charge in [-0.1, -0.05) is 120 Å². The highest BCUT2D eigenvalue weighted by Crippen LogP contribution is 2.49. The highest BCUT2D eigenvalue weighted by Gasteiger charge is 2.58. The lowest BCUT2D eigenvalue weighted by Crippen LogP contribution is -2.43. The predicted molar refractivity (Wildman–Crippen MR) is 229 cm³/mol. The molecule has 328 valence electrons. The minimum atomic E-state index is -5.03. The quantitative estimate of drug-likeness (QED) is 0.0797. The summed E-state index contributed by atoms with van der Waals surface area (Å²) in [6.45, 7) is 3.84. The number of non-ortho nitro benzene ring substituents is 2. The van der Waals surface area contributed by atoms with Crippen LogP contribution in [0, 0.1) is 34.1 Å². The normalized spacial score (nSPS) is 13.8. The Morgan fingerprint density at radius 1 is 0.500 bits per heavy atom. The molecule has 0 saturated carbocycles. The third-order valence-corrected chi connectivity index (χ3v) is 11.1. The molecule has 10 nitrogen and oxygen atoms in total. The molecule has 6 aromatic carbocycles. The molecule has 16 heteroatoms. The fourth-order valence-electron chi connectivity index (χ4n) is 7.72. The van der Waals surface area contributed by atoms with E-state index >= 15 is 0 Å². The molecule has 8 aromatic rings. The molecule has 0 aliphatic carbocycles. The van der Waals surface area contributed by atoms with Crippen molar-refractivity contribution < 1.29 is 46.4 Å². The maximum Gasteiger partial charge on any atom is 0.425 e. The van der Waals surface area contributed by atoms with Gasteiger partial charge in [-0.05, 0) is 48.2 Å². The zero-order valence-electron chi connectivity index (χ0n) is 34.0. The molecule has 0 spiro atoms. The van der Waals surface area contributed by atoms with Gasteiger partial charge in [0.15, 0.2) is 0 Å². The standard InChI is InChI=1S/2C24H19F3N2O3/c2*1-16-7-9-18(10-8-16)23(30,24(25,26)27)21-15-28(14-17-5-3-2-4-6-17)22-13-19(29(31)32)11-12-20(21)22/h2*2-13,15,30H,14H2,1H3. The molecule has 0 fully saturated rings. The second-order valence-corrected chi connectivity index (χ2v) is 15.4. The Balaban J connectivity index is 0.000000191. The molecule has 0 aliphatic heterocycles. The van der Waals surface area contributed by atoms with E-state index in [-0.39, 0.29) is 68.5 Å². The molecule has 0 aliphatic rings. The number of aryl methyl sites for hydroxylation is 2. The smallest absolute Gasteiger partial charge is 0.372 e. The van der Waals surface area contributed by atoms with Crippen LogP contribution in [-0.2, 0) is 24.3 Å². The summed E-state index contributed by atoms with van der Waals surface area (Å²) in [4.78, 5) is 21.4. The highest BCUT2D eigenvalue weighted by atomic mass is 19.4. The van der Waals surface area contributed by atoms with Crippen LogP contribution in [0.15, 0.2) is 158 Å². The third-order valence-electron chi connectivity index (χ3n) is 11.1. The molecular formula is C48H38F6N4O6. The Kier molecular flexibility index (Phi) is 12.0. The molecule has 2 heterocycles. The highest BCUT2D eigenvalue weighted by molar-refractivity contribution is 5.88. The van der Waals surface area contributed by atoms with Gasteiger partial charge in [0.2, 0.25) is 11.2 Å². The van der Waals surface area contributed by atoms with Crippen molar-refractivity contribution in [2.75, 3.05) is 0 Å². The molecule has 2 atom stereocenters. The molecule has 64 heavy (non-hydrogen) atoms. The first-order chi connectivity index (χ1) is 30.2. The molecule has 2 N–H and O–H groups in total. The zero-order chi connectivity index (χ0) is 46.2. The van der Waals surface area contributed by atoms with Crippen molar-refractivity contribution in [1.82, 2.24) is 9.13 Å². The minimum absolute atomic E-state index is 0.0898. The molecule has 0 bridgehead atoms. The Morgan fingerprint density at radius 2 is 0.828 bits per heavy atom. The van der Waals surface area contributed by atoms with Crippen LogP contribution in [0.25, 0.3) is 21.8 Å². The van der Waals surface area contributed by atoms with Crippen molar-refractivity contribution in [3.8, 4) is 0 Å². The van der Waals surface area contributed by atoms with E-state index in [9.17, 15) is 56.8 Å². The summed E-state index contributed by atoms with van der Waals surface area (Å²) in [5, 5.41) is 45.1. The average Bonchev–Trinajstić information content (AvgIpc) is 3.81. The van der Waals surface area contributed by atoms with E-state index in [2.05, 4.69) is 0 Å². The van der Waals surface area contributed by atoms with E-state index < -0.39 is 33.4 Å². The van der Waals surface area contributed by atoms with Gasteiger partial charge in [-0.25, -0.2) is 0 Å². The molecule has 2 unspecified atom stereocenters. The lowest BCUT2D eigenvalue weighted by atomic mass is 9.85. The summed E-state index contributed by atoms with van der Waals surface area (Å²) in [5.41, 5.74) is -4.94. The van der Waals surface area contributed by atoms with E-state index in [1.54, 1.807) is 62.4 Å². The van der Waals surface area contributed by atoms with Crippen molar-refractivity contribution in [1.29, 1.82) is 0 Å². The number of alkyl halides is 6. The van der Waals surface area contributed by atoms with Gasteiger partial charge in [-0.2, -0.15) is 26.3 Å². The van der Waals surface area contributed by atoms with Gasteiger partial charge in [0.25, 0.3) is 11.4 Å². The van der Waals surface area contributed by atoms with Gasteiger partial charge < -0.3 is 19.3 Å². The van der Waals surface area contributed by atoms with E-state index in [1.807, 2.05) is 12.1 Å². The number of fused-ring (bicyclic) bond motifs is 2. The summed E-state index contributed by atoms with van der Waals surface area (Å²) in [6, 6.07) is 36.3. The first-order valence-electron chi connectivity index (χ1n) is 19.6. The fraction of sp³-hybridized carbons (Fsp3) is 0.167. The maximum atomic E-state index is 14.4. The van der Waals surface area contributed by atoms with E-state index in [4.69, 9.17) is 0 Å². The Morgan fingerprint density at radius 3 is 1.12 bits per heavy atom. The number of aliphatic hydroxyl groups is 2. The second-order valence-electron chi connectivity index (χ2n) is 15.4. The number of benzene rings is 6. The predicted octanol–water partition coefficient (Wildman–Crippen LogP) is 11.4. The minimum Gasteiger partial charge on any atom is -0.372 e. The fourth-order valence-corrected chi connectivity index (χ4v) is 7.72. The summed E-state index contributed by atoms with van der Waals surface area (Å²) >= 11 is 0. The molecular weight excluding hydrogens is 843 g/mol. The summed E-state index contributed by atoms with van der Waals surface area (Å²) in [5.74, 6) is 0. The topological polar surface area (TPSA) is 137 Å². The van der Waals surface area contributed by atoms with Crippen molar-refractivity contribution in [2.45, 2.75) is 50.5 Å². The number of aromatic nitrogens is 2. The van der Waals surface area contributed by atoms with Gasteiger partial charge in [0.1, 0.15) is 0 Å². The Labute approximate surface area is 361 Å². The van der Waals surface area contributed by atoms with Crippen LogP contribution in [0.3, 0.4) is 0 Å². The summed E-state index contributed by atoms with van der Waals surface area (Å²) in [7, 11) is 0. The van der Waals surface area contributed by atoms with Gasteiger partial charge >= 0.3 is 12.4 Å². The van der Waals surface area contributed by atoms with Gasteiger partial charge in [0, 0.05) is 71.6 Å². The van der Waals surface area contributed by atoms with Crippen molar-refractivity contribution in [3.05, 3.63) is 223 Å². The van der Waals surface area contributed by atoms with Crippen LogP contribution < -0.4 is 0 Å². The summed E-state index contributed by atoms with van der Waals surface area (Å²) in [6.07, 6.45) is -7.60. The average molecular weight is 881 g/mol. The SMILES string of the molecule is Cc1ccc(C(O)(c2cn(Cc3ccccc3)c3cc([N+](=O)[O-])ccc23)C(F)(F)F)cc1.Cc1ccc(C(O)(c2cn(Cc3ccccc3)c3cc([N+](=O)[O-])ccc23)C(F)(F)F)cc1. The lowest BCUT2D eigenvalue weighted by molar-refractivity contribution is -0.384. The lowest BCUT2D eigenvalue weighted by Gasteiger charge is -2.31. The molecule has 2 aromatic heterocycles. The van der Waals surface area contributed by atoms with E-state index in [0.717, 1.165) is 34.4 Å². The molecule has 0 amide bonds. The van der Waals surface area contributed by atoms with E-state index in [1.165, 1.54) is 94.3 Å². The first kappa shape index (κ1) is 44.7. The molecule has 0 radical (unpaired) electrons. The van der Waals surface area contributed by atoms with E-state index in [0.29, 0.717) is 0 Å². The number of halogens is 6. The largest absolute Gasteiger partial charge is 0.425 e. The molecule has 8 rings (SSSR count). The van der Waals surface area contributed by atoms with Gasteiger partial charge in [-0.3, -0.25) is 20.2 Å².